The molecule has 0 aliphatic heterocycles. The maximum absolute atomic E-state index is 12.6. The van der Waals surface area contributed by atoms with Crippen LogP contribution in [0.4, 0.5) is 0 Å². The Hall–Kier alpha value is -3.11. The fourth-order valence-corrected chi connectivity index (χ4v) is 3.89. The molecule has 4 aromatic rings. The molecule has 1 amide bonds. The highest BCUT2D eigenvalue weighted by atomic mass is 35.5. The number of amides is 1. The van der Waals surface area contributed by atoms with Crippen molar-refractivity contribution in [1.29, 1.82) is 0 Å². The third kappa shape index (κ3) is 4.80. The molecular weight excluding hydrogens is 406 g/mol. The first-order valence-electron chi connectivity index (χ1n) is 10.6. The first kappa shape index (κ1) is 21.1. The van der Waals surface area contributed by atoms with E-state index >= 15 is 0 Å². The molecule has 0 bridgehead atoms. The Morgan fingerprint density at radius 1 is 1.06 bits per heavy atom. The number of benzene rings is 3. The Kier molecular flexibility index (Phi) is 6.38. The molecule has 158 valence electrons. The van der Waals surface area contributed by atoms with Gasteiger partial charge >= 0.3 is 0 Å². The molecule has 0 fully saturated rings. The van der Waals surface area contributed by atoms with Crippen LogP contribution in [0.2, 0.25) is 5.02 Å². The molecule has 0 radical (unpaired) electrons. The van der Waals surface area contributed by atoms with Crippen molar-refractivity contribution < 1.29 is 4.79 Å². The van der Waals surface area contributed by atoms with Gasteiger partial charge in [0.05, 0.1) is 17.6 Å². The van der Waals surface area contributed by atoms with Crippen LogP contribution in [0, 0.1) is 0 Å². The van der Waals surface area contributed by atoms with Crippen LogP contribution in [-0.2, 0) is 13.1 Å². The van der Waals surface area contributed by atoms with E-state index in [1.165, 1.54) is 11.1 Å². The zero-order valence-electron chi connectivity index (χ0n) is 17.8. The molecule has 0 aliphatic carbocycles. The van der Waals surface area contributed by atoms with Gasteiger partial charge in [-0.15, -0.1) is 0 Å². The zero-order chi connectivity index (χ0) is 21.8. The van der Waals surface area contributed by atoms with Gasteiger partial charge in [0.2, 0.25) is 0 Å². The van der Waals surface area contributed by atoms with Crippen molar-refractivity contribution in [3.63, 3.8) is 0 Å². The monoisotopic (exact) mass is 431 g/mol. The third-order valence-corrected chi connectivity index (χ3v) is 5.96. The smallest absolute Gasteiger partial charge is 0.251 e. The van der Waals surface area contributed by atoms with Gasteiger partial charge in [-0.05, 0) is 53.8 Å². The number of aromatic nitrogens is 2. The number of imidazole rings is 1. The molecule has 1 atom stereocenters. The largest absolute Gasteiger partial charge is 0.345 e. The maximum Gasteiger partial charge on any atom is 0.251 e. The zero-order valence-corrected chi connectivity index (χ0v) is 18.6. The molecule has 1 unspecified atom stereocenters. The lowest BCUT2D eigenvalue weighted by Crippen LogP contribution is -2.24. The molecule has 3 aromatic carbocycles. The molecule has 1 aromatic heterocycles. The van der Waals surface area contributed by atoms with Crippen LogP contribution in [0.15, 0.2) is 72.8 Å². The number of fused-ring (bicyclic) bond motifs is 1. The number of halogens is 1. The topological polar surface area (TPSA) is 46.9 Å². The Balaban J connectivity index is 1.58. The van der Waals surface area contributed by atoms with Gasteiger partial charge in [-0.1, -0.05) is 67.9 Å². The molecule has 5 heteroatoms. The average molecular weight is 432 g/mol. The second kappa shape index (κ2) is 9.36. The van der Waals surface area contributed by atoms with Crippen LogP contribution >= 0.6 is 11.6 Å². The predicted molar refractivity (Wildman–Crippen MR) is 127 cm³/mol. The van der Waals surface area contributed by atoms with E-state index in [-0.39, 0.29) is 5.91 Å². The number of hydrogen-bond acceptors (Lipinski definition) is 2. The van der Waals surface area contributed by atoms with Gasteiger partial charge in [0.1, 0.15) is 5.82 Å². The first-order valence-corrected chi connectivity index (χ1v) is 11.0. The molecule has 4 nitrogen and oxygen atoms in total. The standard InChI is InChI=1S/C26H26ClN3O/c1-3-18(2)20-13-11-19(12-14-20)17-30-24-10-5-4-9-23(24)29-25(30)16-28-26(31)21-7-6-8-22(27)15-21/h4-15,18H,3,16-17H2,1-2H3,(H,28,31). The summed E-state index contributed by atoms with van der Waals surface area (Å²) in [5.41, 5.74) is 5.08. The number of carbonyl (C=O) groups is 1. The highest BCUT2D eigenvalue weighted by Gasteiger charge is 2.13. The molecule has 31 heavy (non-hydrogen) atoms. The lowest BCUT2D eigenvalue weighted by atomic mass is 9.98. The molecule has 1 N–H and O–H groups in total. The number of nitrogens with zero attached hydrogens (tertiary/aromatic N) is 2. The van der Waals surface area contributed by atoms with Crippen LogP contribution in [0.3, 0.4) is 0 Å². The summed E-state index contributed by atoms with van der Waals surface area (Å²) in [5, 5.41) is 3.52. The number of para-hydroxylation sites is 2. The van der Waals surface area contributed by atoms with E-state index in [0.717, 1.165) is 23.3 Å². The lowest BCUT2D eigenvalue weighted by Gasteiger charge is -2.13. The normalized spacial score (nSPS) is 12.1. The minimum absolute atomic E-state index is 0.168. The second-order valence-corrected chi connectivity index (χ2v) is 8.28. The summed E-state index contributed by atoms with van der Waals surface area (Å²) in [7, 11) is 0. The van der Waals surface area contributed by atoms with Crippen molar-refractivity contribution in [3.8, 4) is 0 Å². The van der Waals surface area contributed by atoms with Crippen molar-refractivity contribution in [3.05, 3.63) is 100 Å². The van der Waals surface area contributed by atoms with Crippen LogP contribution in [-0.4, -0.2) is 15.5 Å². The summed E-state index contributed by atoms with van der Waals surface area (Å²) in [4.78, 5) is 17.4. The quantitative estimate of drug-likeness (QED) is 0.379. The van der Waals surface area contributed by atoms with Gasteiger partial charge in [0.25, 0.3) is 5.91 Å². The van der Waals surface area contributed by atoms with E-state index < -0.39 is 0 Å². The minimum Gasteiger partial charge on any atom is -0.345 e. The van der Waals surface area contributed by atoms with Gasteiger partial charge in [-0.2, -0.15) is 0 Å². The molecule has 0 aliphatic rings. The van der Waals surface area contributed by atoms with Crippen molar-refractivity contribution in [1.82, 2.24) is 14.9 Å². The lowest BCUT2D eigenvalue weighted by molar-refractivity contribution is 0.0949. The molecule has 1 heterocycles. The summed E-state index contributed by atoms with van der Waals surface area (Å²) in [5.74, 6) is 1.21. The van der Waals surface area contributed by atoms with Crippen LogP contribution in [0.1, 0.15) is 53.5 Å². The van der Waals surface area contributed by atoms with Crippen molar-refractivity contribution in [2.45, 2.75) is 39.3 Å². The maximum atomic E-state index is 12.6. The number of nitrogens with one attached hydrogen (secondary N) is 1. The SMILES string of the molecule is CCC(C)c1ccc(Cn2c(CNC(=O)c3cccc(Cl)c3)nc3ccccc32)cc1. The summed E-state index contributed by atoms with van der Waals surface area (Å²) >= 11 is 6.02. The molecule has 0 spiro atoms. The Morgan fingerprint density at radius 2 is 1.84 bits per heavy atom. The fraction of sp³-hybridized carbons (Fsp3) is 0.231. The van der Waals surface area contributed by atoms with E-state index in [1.807, 2.05) is 18.2 Å². The van der Waals surface area contributed by atoms with E-state index in [2.05, 4.69) is 54.1 Å². The third-order valence-electron chi connectivity index (χ3n) is 5.73. The van der Waals surface area contributed by atoms with Gasteiger partial charge in [0.15, 0.2) is 0 Å². The van der Waals surface area contributed by atoms with Crippen LogP contribution < -0.4 is 5.32 Å². The highest BCUT2D eigenvalue weighted by Crippen LogP contribution is 2.22. The second-order valence-electron chi connectivity index (χ2n) is 7.85. The molecule has 4 rings (SSSR count). The molecule has 0 saturated carbocycles. The summed E-state index contributed by atoms with van der Waals surface area (Å²) in [6.45, 7) is 5.49. The van der Waals surface area contributed by atoms with Crippen molar-refractivity contribution in [2.75, 3.05) is 0 Å². The van der Waals surface area contributed by atoms with Gasteiger partial charge in [-0.25, -0.2) is 4.98 Å². The van der Waals surface area contributed by atoms with E-state index in [0.29, 0.717) is 29.6 Å². The minimum atomic E-state index is -0.168. The van der Waals surface area contributed by atoms with E-state index in [1.54, 1.807) is 24.3 Å². The van der Waals surface area contributed by atoms with Gasteiger partial charge in [-0.3, -0.25) is 4.79 Å². The number of hydrogen-bond donors (Lipinski definition) is 1. The average Bonchev–Trinajstić information content (AvgIpc) is 3.14. The van der Waals surface area contributed by atoms with Crippen molar-refractivity contribution >= 4 is 28.5 Å². The Bertz CT molecular complexity index is 1200. The highest BCUT2D eigenvalue weighted by molar-refractivity contribution is 6.30. The first-order chi connectivity index (χ1) is 15.0. The Morgan fingerprint density at radius 3 is 2.58 bits per heavy atom. The van der Waals surface area contributed by atoms with Crippen LogP contribution in [0.5, 0.6) is 0 Å². The molecule has 0 saturated heterocycles. The predicted octanol–water partition coefficient (Wildman–Crippen LogP) is 6.18. The van der Waals surface area contributed by atoms with Gasteiger partial charge < -0.3 is 9.88 Å². The van der Waals surface area contributed by atoms with E-state index in [9.17, 15) is 4.79 Å². The van der Waals surface area contributed by atoms with Crippen molar-refractivity contribution in [2.24, 2.45) is 0 Å². The fourth-order valence-electron chi connectivity index (χ4n) is 3.70. The Labute approximate surface area is 187 Å². The molecular formula is C26H26ClN3O. The van der Waals surface area contributed by atoms with Gasteiger partial charge in [0, 0.05) is 17.1 Å². The van der Waals surface area contributed by atoms with Crippen LogP contribution in [0.25, 0.3) is 11.0 Å². The van der Waals surface area contributed by atoms with E-state index in [4.69, 9.17) is 16.6 Å². The summed E-state index contributed by atoms with van der Waals surface area (Å²) < 4.78 is 2.17. The number of carbonyl (C=O) groups excluding carboxylic acids is 1. The number of rotatable bonds is 7. The summed E-state index contributed by atoms with van der Waals surface area (Å²) in [6, 6.07) is 23.8. The summed E-state index contributed by atoms with van der Waals surface area (Å²) in [6.07, 6.45) is 1.13.